The van der Waals surface area contributed by atoms with Gasteiger partial charge in [-0.15, -0.1) is 16.4 Å². The lowest BCUT2D eigenvalue weighted by Gasteiger charge is -2.22. The molecule has 0 fully saturated rings. The van der Waals surface area contributed by atoms with Crippen LogP contribution in [-0.4, -0.2) is 40.0 Å². The predicted octanol–water partition coefficient (Wildman–Crippen LogP) is 0.857. The molecule has 8 heteroatoms. The first-order valence-electron chi connectivity index (χ1n) is 6.47. The van der Waals surface area contributed by atoms with Gasteiger partial charge in [0.1, 0.15) is 9.71 Å². The lowest BCUT2D eigenvalue weighted by atomic mass is 10.2. The summed E-state index contributed by atoms with van der Waals surface area (Å²) in [4.78, 5) is 26.2. The molecular weight excluding hydrogens is 290 g/mol. The number of carbonyl (C=O) groups excluding carboxylic acids is 2. The Bertz CT molecular complexity index is 682. The van der Waals surface area contributed by atoms with Crippen molar-refractivity contribution in [3.63, 3.8) is 0 Å². The normalized spacial score (nSPS) is 11.0. The molecule has 0 spiro atoms. The number of nitrogens with zero attached hydrogens (tertiary/aromatic N) is 3. The third kappa shape index (κ3) is 3.27. The molecule has 0 aliphatic rings. The van der Waals surface area contributed by atoms with E-state index in [-0.39, 0.29) is 18.4 Å². The van der Waals surface area contributed by atoms with E-state index < -0.39 is 5.91 Å². The van der Waals surface area contributed by atoms with Crippen LogP contribution in [0.5, 0.6) is 0 Å². The van der Waals surface area contributed by atoms with Crippen molar-refractivity contribution >= 4 is 39.1 Å². The van der Waals surface area contributed by atoms with Crippen molar-refractivity contribution in [3.8, 4) is 0 Å². The van der Waals surface area contributed by atoms with Gasteiger partial charge >= 0.3 is 0 Å². The fraction of sp³-hybridized carbons (Fsp3) is 0.385. The summed E-state index contributed by atoms with van der Waals surface area (Å²) in [6, 6.07) is 1.71. The molecule has 2 heterocycles. The summed E-state index contributed by atoms with van der Waals surface area (Å²) in [6.07, 6.45) is 1.52. The van der Waals surface area contributed by atoms with Crippen molar-refractivity contribution in [2.75, 3.05) is 18.8 Å². The highest BCUT2D eigenvalue weighted by Crippen LogP contribution is 2.32. The van der Waals surface area contributed by atoms with Crippen molar-refractivity contribution in [1.82, 2.24) is 15.1 Å². The number of aromatic nitrogens is 2. The van der Waals surface area contributed by atoms with E-state index in [1.165, 1.54) is 22.4 Å². The van der Waals surface area contributed by atoms with Crippen LogP contribution in [0.25, 0.3) is 10.2 Å². The lowest BCUT2D eigenvalue weighted by Crippen LogP contribution is -2.40. The summed E-state index contributed by atoms with van der Waals surface area (Å²) in [7, 11) is 0. The molecular formula is C13H17N5O2S. The highest BCUT2D eigenvalue weighted by molar-refractivity contribution is 7.21. The van der Waals surface area contributed by atoms with E-state index in [9.17, 15) is 9.59 Å². The largest absolute Gasteiger partial charge is 0.397 e. The smallest absolute Gasteiger partial charge is 0.266 e. The second kappa shape index (κ2) is 6.04. The van der Waals surface area contributed by atoms with Gasteiger partial charge in [0.2, 0.25) is 5.91 Å². The van der Waals surface area contributed by atoms with Gasteiger partial charge in [-0.1, -0.05) is 13.8 Å². The molecule has 0 saturated heterocycles. The SMILES string of the molecule is CC(C)CN(CC(N)=O)C(=O)c1sc2nnccc2c1N. The van der Waals surface area contributed by atoms with Gasteiger partial charge in [-0.25, -0.2) is 0 Å². The molecule has 0 aromatic carbocycles. The number of thiophene rings is 1. The van der Waals surface area contributed by atoms with Gasteiger partial charge in [0.05, 0.1) is 18.4 Å². The molecule has 0 aliphatic heterocycles. The molecule has 7 nitrogen and oxygen atoms in total. The fourth-order valence-corrected chi connectivity index (χ4v) is 3.03. The molecule has 2 rings (SSSR count). The van der Waals surface area contributed by atoms with E-state index >= 15 is 0 Å². The lowest BCUT2D eigenvalue weighted by molar-refractivity contribution is -0.118. The van der Waals surface area contributed by atoms with Gasteiger partial charge in [0, 0.05) is 11.9 Å². The summed E-state index contributed by atoms with van der Waals surface area (Å²) >= 11 is 1.17. The Balaban J connectivity index is 2.38. The molecule has 0 aliphatic carbocycles. The van der Waals surface area contributed by atoms with E-state index in [0.717, 1.165) is 0 Å². The molecule has 4 N–H and O–H groups in total. The van der Waals surface area contributed by atoms with Gasteiger partial charge in [-0.2, -0.15) is 5.10 Å². The molecule has 0 atom stereocenters. The minimum atomic E-state index is -0.552. The number of carbonyl (C=O) groups is 2. The van der Waals surface area contributed by atoms with Crippen molar-refractivity contribution < 1.29 is 9.59 Å². The number of rotatable bonds is 5. The summed E-state index contributed by atoms with van der Waals surface area (Å²) in [5.74, 6) is -0.643. The monoisotopic (exact) mass is 307 g/mol. The Morgan fingerprint density at radius 1 is 1.43 bits per heavy atom. The van der Waals surface area contributed by atoms with Gasteiger partial charge in [0.15, 0.2) is 0 Å². The molecule has 2 aromatic heterocycles. The van der Waals surface area contributed by atoms with E-state index in [1.54, 1.807) is 6.07 Å². The van der Waals surface area contributed by atoms with Crippen LogP contribution in [0.3, 0.4) is 0 Å². The average Bonchev–Trinajstić information content (AvgIpc) is 2.74. The Hall–Kier alpha value is -2.22. The number of nitrogen functional groups attached to an aromatic ring is 1. The maximum absolute atomic E-state index is 12.6. The molecule has 2 amide bonds. The molecule has 0 unspecified atom stereocenters. The van der Waals surface area contributed by atoms with Gasteiger partial charge in [-0.05, 0) is 12.0 Å². The number of hydrogen-bond acceptors (Lipinski definition) is 6. The number of hydrogen-bond donors (Lipinski definition) is 2. The summed E-state index contributed by atoms with van der Waals surface area (Å²) in [6.45, 7) is 4.22. The van der Waals surface area contributed by atoms with Crippen molar-refractivity contribution in [1.29, 1.82) is 0 Å². The third-order valence-electron chi connectivity index (χ3n) is 2.83. The predicted molar refractivity (Wildman–Crippen MR) is 81.8 cm³/mol. The van der Waals surface area contributed by atoms with Crippen molar-refractivity contribution in [2.24, 2.45) is 11.7 Å². The minimum Gasteiger partial charge on any atom is -0.397 e. The van der Waals surface area contributed by atoms with Crippen LogP contribution < -0.4 is 11.5 Å². The minimum absolute atomic E-state index is 0.129. The van der Waals surface area contributed by atoms with Crippen molar-refractivity contribution in [2.45, 2.75) is 13.8 Å². The van der Waals surface area contributed by atoms with Crippen molar-refractivity contribution in [3.05, 3.63) is 17.1 Å². The zero-order valence-corrected chi connectivity index (χ0v) is 12.7. The van der Waals surface area contributed by atoms with Crippen LogP contribution in [0.2, 0.25) is 0 Å². The summed E-state index contributed by atoms with van der Waals surface area (Å²) in [5.41, 5.74) is 11.6. The Morgan fingerprint density at radius 3 is 2.71 bits per heavy atom. The van der Waals surface area contributed by atoms with Gasteiger partial charge in [-0.3, -0.25) is 9.59 Å². The molecule has 21 heavy (non-hydrogen) atoms. The van der Waals surface area contributed by atoms with Crippen LogP contribution in [-0.2, 0) is 4.79 Å². The van der Waals surface area contributed by atoms with E-state index in [0.29, 0.717) is 27.3 Å². The van der Waals surface area contributed by atoms with Crippen LogP contribution in [0.1, 0.15) is 23.5 Å². The number of fused-ring (bicyclic) bond motifs is 1. The van der Waals surface area contributed by atoms with E-state index in [2.05, 4.69) is 10.2 Å². The third-order valence-corrected chi connectivity index (χ3v) is 3.93. The van der Waals surface area contributed by atoms with Crippen LogP contribution in [0.15, 0.2) is 12.3 Å². The standard InChI is InChI=1S/C13H17N5O2S/c1-7(2)5-18(6-9(14)19)13(20)11-10(15)8-3-4-16-17-12(8)21-11/h3-4,7H,5-6,15H2,1-2H3,(H2,14,19). The Kier molecular flexibility index (Phi) is 4.37. The molecule has 112 valence electrons. The first kappa shape index (κ1) is 15.2. The number of primary amides is 1. The number of anilines is 1. The molecule has 0 saturated carbocycles. The topological polar surface area (TPSA) is 115 Å². The maximum Gasteiger partial charge on any atom is 0.266 e. The quantitative estimate of drug-likeness (QED) is 0.850. The van der Waals surface area contributed by atoms with E-state index in [4.69, 9.17) is 11.5 Å². The highest BCUT2D eigenvalue weighted by atomic mass is 32.1. The Labute approximate surface area is 125 Å². The number of amides is 2. The second-order valence-corrected chi connectivity index (χ2v) is 6.14. The summed E-state index contributed by atoms with van der Waals surface area (Å²) in [5, 5.41) is 8.42. The van der Waals surface area contributed by atoms with Crippen LogP contribution in [0, 0.1) is 5.92 Å². The Morgan fingerprint density at radius 2 is 2.14 bits per heavy atom. The van der Waals surface area contributed by atoms with Gasteiger partial charge < -0.3 is 16.4 Å². The van der Waals surface area contributed by atoms with E-state index in [1.807, 2.05) is 13.8 Å². The fourth-order valence-electron chi connectivity index (χ4n) is 2.02. The first-order chi connectivity index (χ1) is 9.90. The highest BCUT2D eigenvalue weighted by Gasteiger charge is 2.24. The first-order valence-corrected chi connectivity index (χ1v) is 7.29. The second-order valence-electron chi connectivity index (χ2n) is 5.14. The molecule has 2 aromatic rings. The molecule has 0 bridgehead atoms. The van der Waals surface area contributed by atoms with Crippen LogP contribution >= 0.6 is 11.3 Å². The zero-order valence-electron chi connectivity index (χ0n) is 11.9. The average molecular weight is 307 g/mol. The van der Waals surface area contributed by atoms with Gasteiger partial charge in [0.25, 0.3) is 5.91 Å². The summed E-state index contributed by atoms with van der Waals surface area (Å²) < 4.78 is 0. The molecule has 0 radical (unpaired) electrons. The van der Waals surface area contributed by atoms with Crippen LogP contribution in [0.4, 0.5) is 5.69 Å². The number of nitrogens with two attached hydrogens (primary N) is 2. The maximum atomic E-state index is 12.6. The zero-order chi connectivity index (χ0) is 15.6.